The minimum Gasteiger partial charge on any atom is -0.379 e. The van der Waals surface area contributed by atoms with Crippen LogP contribution in [0.4, 0.5) is 0 Å². The highest BCUT2D eigenvalue weighted by Gasteiger charge is 2.33. The van der Waals surface area contributed by atoms with Crippen LogP contribution in [0.5, 0.6) is 0 Å². The first-order chi connectivity index (χ1) is 18.8. The summed E-state index contributed by atoms with van der Waals surface area (Å²) in [6, 6.07) is 15.4. The zero-order valence-electron chi connectivity index (χ0n) is 22.2. The summed E-state index contributed by atoms with van der Waals surface area (Å²) in [5.74, 6) is 0.346. The van der Waals surface area contributed by atoms with E-state index in [1.54, 1.807) is 0 Å². The van der Waals surface area contributed by atoms with Crippen molar-refractivity contribution >= 4 is 39.1 Å². The third-order valence-electron chi connectivity index (χ3n) is 7.53. The lowest BCUT2D eigenvalue weighted by atomic mass is 9.78. The van der Waals surface area contributed by atoms with Gasteiger partial charge in [0.25, 0.3) is 0 Å². The Labute approximate surface area is 241 Å². The molecule has 8 nitrogen and oxygen atoms in total. The summed E-state index contributed by atoms with van der Waals surface area (Å²) in [5.41, 5.74) is 1.35. The van der Waals surface area contributed by atoms with Crippen molar-refractivity contribution < 1.29 is 22.7 Å². The Morgan fingerprint density at radius 1 is 1.10 bits per heavy atom. The SMILES string of the molecule is CN(CCOCC(=O)NC1CCC(C(c2ccccc2)N2CCOCC2)CC1)S(=O)(=O)c1ccc(Cl)cc1Cl. The van der Waals surface area contributed by atoms with Crippen LogP contribution in [0, 0.1) is 5.92 Å². The Hall–Kier alpha value is -1.72. The number of hydrogen-bond donors (Lipinski definition) is 1. The van der Waals surface area contributed by atoms with Gasteiger partial charge < -0.3 is 14.8 Å². The van der Waals surface area contributed by atoms with Crippen molar-refractivity contribution in [3.05, 3.63) is 64.1 Å². The molecule has 1 N–H and O–H groups in total. The highest BCUT2D eigenvalue weighted by molar-refractivity contribution is 7.89. The van der Waals surface area contributed by atoms with Crippen LogP contribution in [0.3, 0.4) is 0 Å². The van der Waals surface area contributed by atoms with Crippen molar-refractivity contribution in [2.24, 2.45) is 5.92 Å². The van der Waals surface area contributed by atoms with Crippen LogP contribution in [0.1, 0.15) is 37.3 Å². The second-order valence-corrected chi connectivity index (χ2v) is 13.0. The maximum Gasteiger partial charge on any atom is 0.246 e. The van der Waals surface area contributed by atoms with Crippen LogP contribution in [0.25, 0.3) is 0 Å². The van der Waals surface area contributed by atoms with E-state index in [1.807, 2.05) is 0 Å². The molecule has 1 unspecified atom stereocenters. The van der Waals surface area contributed by atoms with Gasteiger partial charge in [0.2, 0.25) is 15.9 Å². The van der Waals surface area contributed by atoms with Crippen LogP contribution in [0.15, 0.2) is 53.4 Å². The number of ether oxygens (including phenoxy) is 2. The molecule has 0 aromatic heterocycles. The molecule has 1 aliphatic carbocycles. The minimum absolute atomic E-state index is 0.0208. The molecule has 4 rings (SSSR count). The molecule has 11 heteroatoms. The summed E-state index contributed by atoms with van der Waals surface area (Å²) in [6.45, 7) is 3.47. The predicted molar refractivity (Wildman–Crippen MR) is 153 cm³/mol. The number of sulfonamides is 1. The molecule has 1 saturated heterocycles. The molecule has 2 aliphatic rings. The third-order valence-corrected chi connectivity index (χ3v) is 10.1. The molecular weight excluding hydrogens is 561 g/mol. The van der Waals surface area contributed by atoms with Crippen LogP contribution in [-0.4, -0.2) is 82.7 Å². The van der Waals surface area contributed by atoms with Crippen molar-refractivity contribution in [2.75, 3.05) is 53.1 Å². The highest BCUT2D eigenvalue weighted by Crippen LogP contribution is 2.38. The number of hydrogen-bond acceptors (Lipinski definition) is 6. The average molecular weight is 599 g/mol. The lowest BCUT2D eigenvalue weighted by Gasteiger charge is -2.42. The van der Waals surface area contributed by atoms with Crippen LogP contribution in [-0.2, 0) is 24.3 Å². The summed E-state index contributed by atoms with van der Waals surface area (Å²) in [7, 11) is -2.35. The summed E-state index contributed by atoms with van der Waals surface area (Å²) >= 11 is 11.9. The summed E-state index contributed by atoms with van der Waals surface area (Å²) in [5, 5.41) is 3.51. The molecule has 1 heterocycles. The largest absolute Gasteiger partial charge is 0.379 e. The van der Waals surface area contributed by atoms with E-state index in [4.69, 9.17) is 32.7 Å². The fourth-order valence-corrected chi connectivity index (χ4v) is 7.36. The first-order valence-electron chi connectivity index (χ1n) is 13.4. The number of morpholine rings is 1. The third kappa shape index (κ3) is 8.16. The molecule has 1 atom stereocenters. The van der Waals surface area contributed by atoms with E-state index in [2.05, 4.69) is 40.5 Å². The van der Waals surface area contributed by atoms with E-state index < -0.39 is 10.0 Å². The van der Waals surface area contributed by atoms with Crippen molar-refractivity contribution in [1.29, 1.82) is 0 Å². The predicted octanol–water partition coefficient (Wildman–Crippen LogP) is 4.38. The molecule has 214 valence electrons. The van der Waals surface area contributed by atoms with Gasteiger partial charge in [0.1, 0.15) is 11.5 Å². The molecule has 2 aromatic rings. The Kier molecular flexibility index (Phi) is 11.1. The molecule has 0 spiro atoms. The number of carbonyl (C=O) groups excluding carboxylic acids is 1. The number of amides is 1. The average Bonchev–Trinajstić information content (AvgIpc) is 2.93. The Balaban J connectivity index is 1.20. The first-order valence-corrected chi connectivity index (χ1v) is 15.6. The van der Waals surface area contributed by atoms with E-state index in [0.717, 1.165) is 56.3 Å². The zero-order valence-corrected chi connectivity index (χ0v) is 24.6. The van der Waals surface area contributed by atoms with Gasteiger partial charge in [0.15, 0.2) is 0 Å². The van der Waals surface area contributed by atoms with Gasteiger partial charge >= 0.3 is 0 Å². The highest BCUT2D eigenvalue weighted by atomic mass is 35.5. The number of nitrogens with one attached hydrogen (secondary N) is 1. The second-order valence-electron chi connectivity index (χ2n) is 10.1. The molecule has 1 saturated carbocycles. The number of likely N-dealkylation sites (N-methyl/N-ethyl adjacent to an activating group) is 1. The lowest BCUT2D eigenvalue weighted by molar-refractivity contribution is -0.126. The van der Waals surface area contributed by atoms with Crippen LogP contribution >= 0.6 is 23.2 Å². The van der Waals surface area contributed by atoms with Gasteiger partial charge in [-0.1, -0.05) is 53.5 Å². The number of halogens is 2. The van der Waals surface area contributed by atoms with Gasteiger partial charge in [-0.2, -0.15) is 4.31 Å². The Morgan fingerprint density at radius 2 is 1.79 bits per heavy atom. The number of rotatable bonds is 11. The van der Waals surface area contributed by atoms with Gasteiger partial charge in [0, 0.05) is 43.8 Å². The fraction of sp³-hybridized carbons (Fsp3) is 0.536. The standard InChI is InChI=1S/C28H37Cl2N3O5S/c1-32(39(35,36)26-12-9-23(29)19-25(26)30)13-16-38-20-27(34)31-24-10-7-22(8-11-24)28(21-5-3-2-4-6-21)33-14-17-37-18-15-33/h2-6,9,12,19,22,24,28H,7-8,10-11,13-18,20H2,1H3,(H,31,34). The number of carbonyl (C=O) groups is 1. The normalized spacial score (nSPS) is 21.5. The maximum atomic E-state index is 12.8. The molecule has 1 amide bonds. The van der Waals surface area contributed by atoms with Crippen molar-refractivity contribution in [2.45, 2.75) is 42.7 Å². The van der Waals surface area contributed by atoms with Gasteiger partial charge in [-0.15, -0.1) is 0 Å². The van der Waals surface area contributed by atoms with E-state index in [-0.39, 0.29) is 41.6 Å². The molecule has 0 radical (unpaired) electrons. The summed E-state index contributed by atoms with van der Waals surface area (Å²) < 4.78 is 37.8. The van der Waals surface area contributed by atoms with E-state index >= 15 is 0 Å². The monoisotopic (exact) mass is 597 g/mol. The second kappa shape index (κ2) is 14.3. The molecular formula is C28H37Cl2N3O5S. The zero-order chi connectivity index (χ0) is 27.8. The maximum absolute atomic E-state index is 12.8. The van der Waals surface area contributed by atoms with Crippen molar-refractivity contribution in [3.8, 4) is 0 Å². The van der Waals surface area contributed by atoms with E-state index in [0.29, 0.717) is 17.0 Å². The number of benzene rings is 2. The molecule has 39 heavy (non-hydrogen) atoms. The quantitative estimate of drug-likeness (QED) is 0.387. The van der Waals surface area contributed by atoms with E-state index in [9.17, 15) is 13.2 Å². The van der Waals surface area contributed by atoms with Gasteiger partial charge in [-0.25, -0.2) is 8.42 Å². The molecule has 2 fully saturated rings. The summed E-state index contributed by atoms with van der Waals surface area (Å²) in [4.78, 5) is 15.0. The first kappa shape index (κ1) is 30.2. The van der Waals surface area contributed by atoms with Gasteiger partial charge in [-0.3, -0.25) is 9.69 Å². The minimum atomic E-state index is -3.80. The van der Waals surface area contributed by atoms with Crippen molar-refractivity contribution in [3.63, 3.8) is 0 Å². The van der Waals surface area contributed by atoms with Crippen molar-refractivity contribution in [1.82, 2.24) is 14.5 Å². The Bertz CT molecular complexity index is 1190. The number of nitrogens with zero attached hydrogens (tertiary/aromatic N) is 2. The molecule has 1 aliphatic heterocycles. The molecule has 0 bridgehead atoms. The fourth-order valence-electron chi connectivity index (χ4n) is 5.47. The van der Waals surface area contributed by atoms with Crippen LogP contribution in [0.2, 0.25) is 10.0 Å². The van der Waals surface area contributed by atoms with Gasteiger partial charge in [0.05, 0.1) is 24.8 Å². The van der Waals surface area contributed by atoms with Gasteiger partial charge in [-0.05, 0) is 55.4 Å². The Morgan fingerprint density at radius 3 is 2.46 bits per heavy atom. The molecule has 2 aromatic carbocycles. The summed E-state index contributed by atoms with van der Waals surface area (Å²) in [6.07, 6.45) is 3.93. The van der Waals surface area contributed by atoms with E-state index in [1.165, 1.54) is 30.8 Å². The lowest BCUT2D eigenvalue weighted by Crippen LogP contribution is -2.45. The smallest absolute Gasteiger partial charge is 0.246 e. The topological polar surface area (TPSA) is 88.2 Å². The van der Waals surface area contributed by atoms with Crippen LogP contribution < -0.4 is 5.32 Å².